The fourth-order valence-corrected chi connectivity index (χ4v) is 3.38. The maximum absolute atomic E-state index is 12.4. The molecule has 0 aliphatic rings. The van der Waals surface area contributed by atoms with Crippen molar-refractivity contribution in [3.05, 3.63) is 60.2 Å². The first-order valence-electron chi connectivity index (χ1n) is 8.53. The van der Waals surface area contributed by atoms with Crippen LogP contribution in [0.15, 0.2) is 59.5 Å². The highest BCUT2D eigenvalue weighted by Gasteiger charge is 2.18. The minimum absolute atomic E-state index is 0.0474. The molecule has 0 fully saturated rings. The molecule has 0 bridgehead atoms. The topological polar surface area (TPSA) is 95.6 Å². The molecular formula is C19H23N3O4S. The van der Waals surface area contributed by atoms with Gasteiger partial charge >= 0.3 is 0 Å². The Balaban J connectivity index is 2.05. The number of amides is 2. The number of para-hydroxylation sites is 1. The monoisotopic (exact) mass is 389 g/mol. The number of likely N-dealkylation sites (N-methyl/N-ethyl adjacent to an activating group) is 1. The first-order valence-corrected chi connectivity index (χ1v) is 10.0. The zero-order valence-electron chi connectivity index (χ0n) is 15.3. The number of anilines is 1. The second-order valence-electron chi connectivity index (χ2n) is 6.01. The van der Waals surface area contributed by atoms with Crippen LogP contribution in [0.4, 0.5) is 5.69 Å². The van der Waals surface area contributed by atoms with E-state index in [4.69, 9.17) is 0 Å². The molecule has 2 aromatic carbocycles. The van der Waals surface area contributed by atoms with Crippen LogP contribution in [0.25, 0.3) is 0 Å². The SMILES string of the molecule is CCCNC(=O)CN(C)C(=O)c1ccc(S(=O)(=O)Nc2ccccc2)cc1. The fraction of sp³-hybridized carbons (Fsp3) is 0.263. The lowest BCUT2D eigenvalue weighted by atomic mass is 10.2. The third kappa shape index (κ3) is 5.82. The quantitative estimate of drug-likeness (QED) is 0.723. The first kappa shape index (κ1) is 20.4. The van der Waals surface area contributed by atoms with Gasteiger partial charge in [0.1, 0.15) is 0 Å². The van der Waals surface area contributed by atoms with Crippen LogP contribution in [0.1, 0.15) is 23.7 Å². The molecule has 2 N–H and O–H groups in total. The molecule has 0 heterocycles. The highest BCUT2D eigenvalue weighted by Crippen LogP contribution is 2.16. The summed E-state index contributed by atoms with van der Waals surface area (Å²) in [6.45, 7) is 2.44. The average Bonchev–Trinajstić information content (AvgIpc) is 2.66. The molecule has 27 heavy (non-hydrogen) atoms. The third-order valence-corrected chi connectivity index (χ3v) is 5.13. The minimum Gasteiger partial charge on any atom is -0.355 e. The standard InChI is InChI=1S/C19H23N3O4S/c1-3-13-20-18(23)14-22(2)19(24)15-9-11-17(12-10-15)27(25,26)21-16-7-5-4-6-8-16/h4-12,21H,3,13-14H2,1-2H3,(H,20,23). The highest BCUT2D eigenvalue weighted by atomic mass is 32.2. The molecule has 2 amide bonds. The number of sulfonamides is 1. The first-order chi connectivity index (χ1) is 12.8. The maximum Gasteiger partial charge on any atom is 0.261 e. The molecule has 0 radical (unpaired) electrons. The van der Waals surface area contributed by atoms with Gasteiger partial charge in [0.25, 0.3) is 15.9 Å². The Bertz CT molecular complexity index is 881. The van der Waals surface area contributed by atoms with Gasteiger partial charge in [-0.3, -0.25) is 14.3 Å². The smallest absolute Gasteiger partial charge is 0.261 e. The number of nitrogens with one attached hydrogen (secondary N) is 2. The summed E-state index contributed by atoms with van der Waals surface area (Å²) < 4.78 is 27.3. The van der Waals surface area contributed by atoms with Gasteiger partial charge in [-0.1, -0.05) is 25.1 Å². The summed E-state index contributed by atoms with van der Waals surface area (Å²) in [5.41, 5.74) is 0.759. The van der Waals surface area contributed by atoms with Gasteiger partial charge < -0.3 is 10.2 Å². The Hall–Kier alpha value is -2.87. The number of benzene rings is 2. The lowest BCUT2D eigenvalue weighted by Gasteiger charge is -2.17. The predicted octanol–water partition coefficient (Wildman–Crippen LogP) is 2.09. The summed E-state index contributed by atoms with van der Waals surface area (Å²) in [7, 11) is -2.22. The van der Waals surface area contributed by atoms with E-state index in [1.807, 2.05) is 6.92 Å². The molecule has 8 heteroatoms. The second-order valence-corrected chi connectivity index (χ2v) is 7.69. The van der Waals surface area contributed by atoms with Crippen LogP contribution in [0.2, 0.25) is 0 Å². The maximum atomic E-state index is 12.4. The zero-order valence-corrected chi connectivity index (χ0v) is 16.1. The fourth-order valence-electron chi connectivity index (χ4n) is 2.32. The molecular weight excluding hydrogens is 366 g/mol. The van der Waals surface area contributed by atoms with Gasteiger partial charge in [-0.05, 0) is 42.8 Å². The van der Waals surface area contributed by atoms with Crippen molar-refractivity contribution in [2.75, 3.05) is 24.9 Å². The number of rotatable bonds is 8. The minimum atomic E-state index is -3.74. The van der Waals surface area contributed by atoms with Gasteiger partial charge in [0.05, 0.1) is 11.4 Å². The second kappa shape index (κ2) is 9.18. The van der Waals surface area contributed by atoms with E-state index in [0.29, 0.717) is 17.8 Å². The van der Waals surface area contributed by atoms with Crippen LogP contribution < -0.4 is 10.0 Å². The molecule has 144 valence electrons. The molecule has 0 aliphatic carbocycles. The Kier molecular flexibility index (Phi) is 6.95. The van der Waals surface area contributed by atoms with Gasteiger partial charge in [0, 0.05) is 24.8 Å². The van der Waals surface area contributed by atoms with Crippen LogP contribution >= 0.6 is 0 Å². The summed E-state index contributed by atoms with van der Waals surface area (Å²) in [4.78, 5) is 25.4. The van der Waals surface area contributed by atoms with Gasteiger partial charge in [-0.25, -0.2) is 8.42 Å². The van der Waals surface area contributed by atoms with Crippen LogP contribution in [0, 0.1) is 0 Å². The number of carbonyl (C=O) groups excluding carboxylic acids is 2. The van der Waals surface area contributed by atoms with Gasteiger partial charge in [0.2, 0.25) is 5.91 Å². The predicted molar refractivity (Wildman–Crippen MR) is 104 cm³/mol. The van der Waals surface area contributed by atoms with Crippen LogP contribution in [0.5, 0.6) is 0 Å². The van der Waals surface area contributed by atoms with Crippen molar-refractivity contribution in [2.45, 2.75) is 18.2 Å². The summed E-state index contributed by atoms with van der Waals surface area (Å²) in [6.07, 6.45) is 0.816. The van der Waals surface area contributed by atoms with E-state index in [1.54, 1.807) is 30.3 Å². The van der Waals surface area contributed by atoms with Crippen LogP contribution in [-0.2, 0) is 14.8 Å². The average molecular weight is 389 g/mol. The molecule has 0 saturated carbocycles. The van der Waals surface area contributed by atoms with Crippen molar-refractivity contribution in [1.82, 2.24) is 10.2 Å². The van der Waals surface area contributed by atoms with Crippen LogP contribution in [0.3, 0.4) is 0 Å². The number of carbonyl (C=O) groups is 2. The van der Waals surface area contributed by atoms with Gasteiger partial charge in [-0.2, -0.15) is 0 Å². The van der Waals surface area contributed by atoms with Crippen molar-refractivity contribution >= 4 is 27.5 Å². The van der Waals surface area contributed by atoms with Crippen molar-refractivity contribution in [2.24, 2.45) is 0 Å². The molecule has 0 atom stereocenters. The van der Waals surface area contributed by atoms with E-state index in [-0.39, 0.29) is 23.3 Å². The largest absolute Gasteiger partial charge is 0.355 e. The van der Waals surface area contributed by atoms with Crippen molar-refractivity contribution in [3.8, 4) is 0 Å². The molecule has 2 rings (SSSR count). The van der Waals surface area contributed by atoms with Crippen LogP contribution in [-0.4, -0.2) is 45.3 Å². The van der Waals surface area contributed by atoms with Crippen molar-refractivity contribution < 1.29 is 18.0 Å². The van der Waals surface area contributed by atoms with E-state index < -0.39 is 10.0 Å². The lowest BCUT2D eigenvalue weighted by Crippen LogP contribution is -2.38. The zero-order chi connectivity index (χ0) is 19.9. The molecule has 0 aromatic heterocycles. The van der Waals surface area contributed by atoms with E-state index in [0.717, 1.165) is 6.42 Å². The lowest BCUT2D eigenvalue weighted by molar-refractivity contribution is -0.121. The molecule has 7 nitrogen and oxygen atoms in total. The molecule has 2 aromatic rings. The van der Waals surface area contributed by atoms with Crippen molar-refractivity contribution in [1.29, 1.82) is 0 Å². The summed E-state index contributed by atoms with van der Waals surface area (Å²) in [5.74, 6) is -0.597. The summed E-state index contributed by atoms with van der Waals surface area (Å²) in [5, 5.41) is 2.70. The number of hydrogen-bond acceptors (Lipinski definition) is 4. The summed E-state index contributed by atoms with van der Waals surface area (Å²) >= 11 is 0. The van der Waals surface area contributed by atoms with E-state index >= 15 is 0 Å². The third-order valence-electron chi connectivity index (χ3n) is 3.74. The molecule has 0 unspecified atom stereocenters. The van der Waals surface area contributed by atoms with E-state index in [2.05, 4.69) is 10.0 Å². The normalized spacial score (nSPS) is 10.9. The van der Waals surface area contributed by atoms with E-state index in [9.17, 15) is 18.0 Å². The van der Waals surface area contributed by atoms with Crippen molar-refractivity contribution in [3.63, 3.8) is 0 Å². The highest BCUT2D eigenvalue weighted by molar-refractivity contribution is 7.92. The van der Waals surface area contributed by atoms with Gasteiger partial charge in [-0.15, -0.1) is 0 Å². The number of nitrogens with zero attached hydrogens (tertiary/aromatic N) is 1. The summed E-state index contributed by atoms with van der Waals surface area (Å²) in [6, 6.07) is 14.1. The Morgan fingerprint density at radius 3 is 2.22 bits per heavy atom. The molecule has 0 spiro atoms. The Labute approximate surface area is 159 Å². The molecule has 0 saturated heterocycles. The number of hydrogen-bond donors (Lipinski definition) is 2. The van der Waals surface area contributed by atoms with E-state index in [1.165, 1.54) is 36.2 Å². The van der Waals surface area contributed by atoms with Gasteiger partial charge in [0.15, 0.2) is 0 Å². The molecule has 0 aliphatic heterocycles. The Morgan fingerprint density at radius 2 is 1.63 bits per heavy atom. The Morgan fingerprint density at radius 1 is 1.00 bits per heavy atom.